The molecule has 1 atom stereocenters. The number of nitrogens with two attached hydrogens (primary N) is 1. The molecule has 0 spiro atoms. The number of nitrogens with one attached hydrogen (secondary N) is 1. The first-order valence-corrected chi connectivity index (χ1v) is 6.34. The van der Waals surface area contributed by atoms with E-state index in [2.05, 4.69) is 5.32 Å². The van der Waals surface area contributed by atoms with Crippen LogP contribution in [0.3, 0.4) is 0 Å². The van der Waals surface area contributed by atoms with E-state index in [4.69, 9.17) is 5.73 Å². The van der Waals surface area contributed by atoms with Crippen LogP contribution in [0.1, 0.15) is 24.1 Å². The van der Waals surface area contributed by atoms with Gasteiger partial charge in [-0.2, -0.15) is 0 Å². The van der Waals surface area contributed by atoms with E-state index in [1.165, 1.54) is 17.7 Å². The Morgan fingerprint density at radius 2 is 1.85 bits per heavy atom. The first-order valence-electron chi connectivity index (χ1n) is 6.34. The Labute approximate surface area is 117 Å². The molecule has 1 unspecified atom stereocenters. The van der Waals surface area contributed by atoms with Crippen molar-refractivity contribution in [2.75, 3.05) is 11.1 Å². The Hall–Kier alpha value is -2.56. The van der Waals surface area contributed by atoms with E-state index in [-0.39, 0.29) is 11.7 Å². The van der Waals surface area contributed by atoms with Gasteiger partial charge in [0.25, 0.3) is 5.69 Å². The van der Waals surface area contributed by atoms with Crippen LogP contribution in [0.4, 0.5) is 17.1 Å². The zero-order chi connectivity index (χ0) is 14.7. The third kappa shape index (κ3) is 3.26. The minimum absolute atomic E-state index is 0.0105. The van der Waals surface area contributed by atoms with Gasteiger partial charge < -0.3 is 11.1 Å². The van der Waals surface area contributed by atoms with Crippen LogP contribution < -0.4 is 11.1 Å². The minimum Gasteiger partial charge on any atom is -0.398 e. The summed E-state index contributed by atoms with van der Waals surface area (Å²) in [4.78, 5) is 10.4. The van der Waals surface area contributed by atoms with Gasteiger partial charge in [-0.1, -0.05) is 29.8 Å². The zero-order valence-corrected chi connectivity index (χ0v) is 11.5. The van der Waals surface area contributed by atoms with Gasteiger partial charge in [-0.05, 0) is 25.5 Å². The van der Waals surface area contributed by atoms with Gasteiger partial charge in [0.1, 0.15) is 0 Å². The van der Waals surface area contributed by atoms with E-state index in [1.54, 1.807) is 6.07 Å². The lowest BCUT2D eigenvalue weighted by Crippen LogP contribution is -2.07. The van der Waals surface area contributed by atoms with Crippen molar-refractivity contribution < 1.29 is 4.92 Å². The molecule has 0 aliphatic rings. The van der Waals surface area contributed by atoms with Crippen molar-refractivity contribution >= 4 is 17.1 Å². The van der Waals surface area contributed by atoms with Gasteiger partial charge in [-0.3, -0.25) is 10.1 Å². The number of benzene rings is 2. The number of non-ortho nitro benzene ring substituents is 1. The molecule has 20 heavy (non-hydrogen) atoms. The predicted octanol–water partition coefficient (Wildman–Crippen LogP) is 3.66. The number of nitro groups is 1. The number of anilines is 2. The molecule has 0 radical (unpaired) electrons. The Morgan fingerprint density at radius 1 is 1.20 bits per heavy atom. The lowest BCUT2D eigenvalue weighted by atomic mass is 10.1. The molecule has 0 aromatic heterocycles. The second-order valence-corrected chi connectivity index (χ2v) is 4.85. The Morgan fingerprint density at radius 3 is 2.45 bits per heavy atom. The van der Waals surface area contributed by atoms with Crippen LogP contribution in [0.5, 0.6) is 0 Å². The van der Waals surface area contributed by atoms with E-state index < -0.39 is 4.92 Å². The topological polar surface area (TPSA) is 81.2 Å². The van der Waals surface area contributed by atoms with Gasteiger partial charge in [0.05, 0.1) is 4.92 Å². The Bertz CT molecular complexity index is 624. The largest absolute Gasteiger partial charge is 0.398 e. The highest BCUT2D eigenvalue weighted by atomic mass is 16.6. The number of aryl methyl sites for hydroxylation is 1. The molecule has 2 aromatic rings. The van der Waals surface area contributed by atoms with Crippen LogP contribution in [-0.4, -0.2) is 4.92 Å². The molecule has 5 heteroatoms. The SMILES string of the molecule is Cc1ccc(C(C)Nc2cc(N)cc([N+](=O)[O-])c2)cc1. The summed E-state index contributed by atoms with van der Waals surface area (Å²) in [7, 11) is 0. The molecule has 104 valence electrons. The molecule has 0 bridgehead atoms. The van der Waals surface area contributed by atoms with Crippen molar-refractivity contribution in [2.45, 2.75) is 19.9 Å². The van der Waals surface area contributed by atoms with E-state index >= 15 is 0 Å². The van der Waals surface area contributed by atoms with Crippen LogP contribution in [-0.2, 0) is 0 Å². The van der Waals surface area contributed by atoms with Crippen molar-refractivity contribution in [2.24, 2.45) is 0 Å². The molecule has 0 aliphatic carbocycles. The maximum Gasteiger partial charge on any atom is 0.273 e. The lowest BCUT2D eigenvalue weighted by Gasteiger charge is -2.16. The summed E-state index contributed by atoms with van der Waals surface area (Å²) in [6.07, 6.45) is 0. The highest BCUT2D eigenvalue weighted by molar-refractivity contribution is 5.62. The first kappa shape index (κ1) is 13.9. The van der Waals surface area contributed by atoms with Crippen LogP contribution in [0.25, 0.3) is 0 Å². The summed E-state index contributed by atoms with van der Waals surface area (Å²) in [5, 5.41) is 14.1. The van der Waals surface area contributed by atoms with Crippen LogP contribution in [0.15, 0.2) is 42.5 Å². The van der Waals surface area contributed by atoms with E-state index in [9.17, 15) is 10.1 Å². The fourth-order valence-electron chi connectivity index (χ4n) is 2.01. The standard InChI is InChI=1S/C15H17N3O2/c1-10-3-5-12(6-4-10)11(2)17-14-7-13(16)8-15(9-14)18(19)20/h3-9,11,17H,16H2,1-2H3. The van der Waals surface area contributed by atoms with Crippen molar-refractivity contribution in [3.63, 3.8) is 0 Å². The molecule has 3 N–H and O–H groups in total. The second kappa shape index (κ2) is 5.61. The van der Waals surface area contributed by atoms with Crippen LogP contribution in [0.2, 0.25) is 0 Å². The number of hydrogen-bond acceptors (Lipinski definition) is 4. The van der Waals surface area contributed by atoms with Crippen LogP contribution >= 0.6 is 0 Å². The van der Waals surface area contributed by atoms with Crippen LogP contribution in [0, 0.1) is 17.0 Å². The third-order valence-corrected chi connectivity index (χ3v) is 3.11. The molecular weight excluding hydrogens is 254 g/mol. The molecule has 5 nitrogen and oxygen atoms in total. The highest BCUT2D eigenvalue weighted by Crippen LogP contribution is 2.26. The van der Waals surface area contributed by atoms with Gasteiger partial charge in [0, 0.05) is 29.5 Å². The van der Waals surface area contributed by atoms with Gasteiger partial charge >= 0.3 is 0 Å². The number of nitro benzene ring substituents is 1. The third-order valence-electron chi connectivity index (χ3n) is 3.11. The Balaban J connectivity index is 2.21. The maximum atomic E-state index is 10.8. The average molecular weight is 271 g/mol. The van der Waals surface area contributed by atoms with Crippen molar-refractivity contribution in [1.82, 2.24) is 0 Å². The first-order chi connectivity index (χ1) is 9.45. The van der Waals surface area contributed by atoms with E-state index in [1.807, 2.05) is 38.1 Å². The zero-order valence-electron chi connectivity index (χ0n) is 11.5. The van der Waals surface area contributed by atoms with Crippen molar-refractivity contribution in [3.8, 4) is 0 Å². The molecule has 2 rings (SSSR count). The number of nitrogen functional groups attached to an aromatic ring is 1. The summed E-state index contributed by atoms with van der Waals surface area (Å²) < 4.78 is 0. The normalized spacial score (nSPS) is 11.9. The van der Waals surface area contributed by atoms with Gasteiger partial charge in [0.2, 0.25) is 0 Å². The summed E-state index contributed by atoms with van der Waals surface area (Å²) in [5.41, 5.74) is 9.00. The van der Waals surface area contributed by atoms with Crippen molar-refractivity contribution in [1.29, 1.82) is 0 Å². The fraction of sp³-hybridized carbons (Fsp3) is 0.200. The number of nitrogens with zero attached hydrogens (tertiary/aromatic N) is 1. The van der Waals surface area contributed by atoms with E-state index in [0.717, 1.165) is 5.56 Å². The lowest BCUT2D eigenvalue weighted by molar-refractivity contribution is -0.384. The summed E-state index contributed by atoms with van der Waals surface area (Å²) in [6, 6.07) is 12.7. The predicted molar refractivity (Wildman–Crippen MR) is 80.7 cm³/mol. The number of rotatable bonds is 4. The van der Waals surface area contributed by atoms with Crippen molar-refractivity contribution in [3.05, 3.63) is 63.7 Å². The molecule has 0 amide bonds. The second-order valence-electron chi connectivity index (χ2n) is 4.85. The minimum atomic E-state index is -0.446. The summed E-state index contributed by atoms with van der Waals surface area (Å²) >= 11 is 0. The molecular formula is C15H17N3O2. The molecule has 0 heterocycles. The molecule has 2 aromatic carbocycles. The molecule has 0 saturated carbocycles. The fourth-order valence-corrected chi connectivity index (χ4v) is 2.01. The van der Waals surface area contributed by atoms with Gasteiger partial charge in [-0.15, -0.1) is 0 Å². The summed E-state index contributed by atoms with van der Waals surface area (Å²) in [5.74, 6) is 0. The monoisotopic (exact) mass is 271 g/mol. The Kier molecular flexibility index (Phi) is 3.89. The number of hydrogen-bond donors (Lipinski definition) is 2. The molecule has 0 saturated heterocycles. The van der Waals surface area contributed by atoms with E-state index in [0.29, 0.717) is 11.4 Å². The average Bonchev–Trinajstić information content (AvgIpc) is 2.38. The maximum absolute atomic E-state index is 10.8. The molecule has 0 fully saturated rings. The van der Waals surface area contributed by atoms with Gasteiger partial charge in [-0.25, -0.2) is 0 Å². The summed E-state index contributed by atoms with van der Waals surface area (Å²) in [6.45, 7) is 4.03. The quantitative estimate of drug-likeness (QED) is 0.505. The smallest absolute Gasteiger partial charge is 0.273 e. The van der Waals surface area contributed by atoms with Gasteiger partial charge in [0.15, 0.2) is 0 Å². The highest BCUT2D eigenvalue weighted by Gasteiger charge is 2.11. The molecule has 0 aliphatic heterocycles.